The summed E-state index contributed by atoms with van der Waals surface area (Å²) >= 11 is 0. The maximum Gasteiger partial charge on any atom is 0.254 e. The van der Waals surface area contributed by atoms with E-state index in [2.05, 4.69) is 21.9 Å². The number of likely N-dealkylation sites (tertiary alicyclic amines) is 2. The van der Waals surface area contributed by atoms with E-state index in [9.17, 15) is 15.1 Å². The minimum absolute atomic E-state index is 0.0569. The second-order valence-electron chi connectivity index (χ2n) is 12.4. The van der Waals surface area contributed by atoms with Gasteiger partial charge in [0.15, 0.2) is 12.4 Å². The summed E-state index contributed by atoms with van der Waals surface area (Å²) in [6.07, 6.45) is 11.3. The van der Waals surface area contributed by atoms with Gasteiger partial charge in [0.05, 0.1) is 5.56 Å². The summed E-state index contributed by atoms with van der Waals surface area (Å²) < 4.78 is 0.740. The molecule has 1 amide bonds. The number of piperidine rings is 1. The molecule has 4 aliphatic carbocycles. The Balaban J connectivity index is 1.23. The largest absolute Gasteiger partial charge is 0.619 e. The van der Waals surface area contributed by atoms with Gasteiger partial charge in [-0.15, -0.1) is 0 Å². The molecule has 6 heteroatoms. The number of hydrogen-bond donors (Lipinski definition) is 1. The fraction of sp³-hybridized carbons (Fsp3) is 0.586. The van der Waals surface area contributed by atoms with Crippen LogP contribution in [-0.2, 0) is 11.8 Å². The molecular formula is C29H33N3O3. The first-order valence-corrected chi connectivity index (χ1v) is 13.6. The highest BCUT2D eigenvalue weighted by Gasteiger charge is 2.76. The van der Waals surface area contributed by atoms with Gasteiger partial charge in [0.25, 0.3) is 5.91 Å². The van der Waals surface area contributed by atoms with Gasteiger partial charge >= 0.3 is 0 Å². The third-order valence-electron chi connectivity index (χ3n) is 11.1. The van der Waals surface area contributed by atoms with E-state index in [1.807, 2.05) is 6.07 Å². The highest BCUT2D eigenvalue weighted by atomic mass is 16.5. The number of phenols is 1. The number of phenolic OH excluding ortho intramolecular Hbond substituents is 1. The van der Waals surface area contributed by atoms with Crippen LogP contribution in [0.4, 0.5) is 0 Å². The normalized spacial score (nSPS) is 38.8. The Morgan fingerprint density at radius 3 is 2.77 bits per heavy atom. The van der Waals surface area contributed by atoms with Gasteiger partial charge in [-0.3, -0.25) is 9.69 Å². The molecule has 6 aliphatic rings. The van der Waals surface area contributed by atoms with E-state index in [0.717, 1.165) is 43.0 Å². The zero-order valence-electron chi connectivity index (χ0n) is 20.1. The van der Waals surface area contributed by atoms with Gasteiger partial charge in [-0.1, -0.05) is 6.07 Å². The first kappa shape index (κ1) is 20.6. The second kappa shape index (κ2) is 6.78. The second-order valence-corrected chi connectivity index (χ2v) is 12.4. The molecule has 0 radical (unpaired) electrons. The summed E-state index contributed by atoms with van der Waals surface area (Å²) in [5.41, 5.74) is 3.77. The van der Waals surface area contributed by atoms with Crippen LogP contribution in [0, 0.1) is 28.4 Å². The Labute approximate surface area is 206 Å². The number of pyridine rings is 1. The Kier molecular flexibility index (Phi) is 3.99. The molecule has 1 aromatic heterocycles. The monoisotopic (exact) mass is 471 g/mol. The molecule has 6 atom stereocenters. The number of rotatable bonds is 3. The lowest BCUT2D eigenvalue weighted by atomic mass is 9.43. The maximum atomic E-state index is 13.7. The molecule has 0 unspecified atom stereocenters. The van der Waals surface area contributed by atoms with Crippen molar-refractivity contribution in [1.29, 1.82) is 0 Å². The van der Waals surface area contributed by atoms with Gasteiger partial charge in [-0.05, 0) is 97.9 Å². The van der Waals surface area contributed by atoms with E-state index in [1.54, 1.807) is 12.1 Å². The van der Waals surface area contributed by atoms with E-state index in [4.69, 9.17) is 0 Å². The average Bonchev–Trinajstić information content (AvgIpc) is 3.54. The maximum absolute atomic E-state index is 13.7. The van der Waals surface area contributed by atoms with Crippen molar-refractivity contribution in [2.24, 2.45) is 23.2 Å². The first-order chi connectivity index (χ1) is 17.0. The van der Waals surface area contributed by atoms with E-state index >= 15 is 0 Å². The highest BCUT2D eigenvalue weighted by molar-refractivity contribution is 5.94. The van der Waals surface area contributed by atoms with Gasteiger partial charge in [0.2, 0.25) is 0 Å². The van der Waals surface area contributed by atoms with Crippen LogP contribution >= 0.6 is 0 Å². The van der Waals surface area contributed by atoms with Crippen molar-refractivity contribution in [3.05, 3.63) is 64.6 Å². The average molecular weight is 472 g/mol. The van der Waals surface area contributed by atoms with Crippen LogP contribution in [0.25, 0.3) is 0 Å². The number of carbonyl (C=O) groups excluding carboxylic acids is 1. The third-order valence-corrected chi connectivity index (χ3v) is 11.1. The molecule has 6 nitrogen and oxygen atoms in total. The van der Waals surface area contributed by atoms with Crippen LogP contribution in [0.3, 0.4) is 0 Å². The lowest BCUT2D eigenvalue weighted by molar-refractivity contribution is -0.605. The number of hydrogen-bond acceptors (Lipinski definition) is 4. The molecule has 4 bridgehead atoms. The number of carbonyl (C=O) groups is 1. The molecule has 1 N–H and O–H groups in total. The molecule has 5 fully saturated rings. The fourth-order valence-corrected chi connectivity index (χ4v) is 9.90. The quantitative estimate of drug-likeness (QED) is 0.551. The lowest BCUT2D eigenvalue weighted by Gasteiger charge is -2.66. The SMILES string of the molecule is O=C(c1cc[n+]([O-])cc1)N1C[C@H]2C[C@@]34CC[C@@H]1[C@@H]2[C@@]31CCN(CC2CC2)[C@@H]4Cc2ccc(O)cc21. The molecule has 1 aromatic carbocycles. The molecule has 0 spiro atoms. The van der Waals surface area contributed by atoms with Crippen molar-refractivity contribution in [2.45, 2.75) is 62.4 Å². The van der Waals surface area contributed by atoms with Crippen molar-refractivity contribution >= 4 is 5.91 Å². The van der Waals surface area contributed by atoms with Gasteiger partial charge in [0.1, 0.15) is 5.75 Å². The number of aromatic hydroxyl groups is 1. The Bertz CT molecular complexity index is 1230. The minimum atomic E-state index is 0.0569. The van der Waals surface area contributed by atoms with E-state index in [1.165, 1.54) is 55.7 Å². The molecular weight excluding hydrogens is 438 g/mol. The molecule has 2 aliphatic heterocycles. The predicted octanol–water partition coefficient (Wildman–Crippen LogP) is 3.24. The molecule has 182 valence electrons. The van der Waals surface area contributed by atoms with Crippen molar-refractivity contribution < 1.29 is 14.6 Å². The summed E-state index contributed by atoms with van der Waals surface area (Å²) in [4.78, 5) is 18.7. The molecule has 2 aromatic rings. The van der Waals surface area contributed by atoms with E-state index in [0.29, 0.717) is 29.2 Å². The molecule has 2 saturated heterocycles. The number of benzene rings is 1. The predicted molar refractivity (Wildman–Crippen MR) is 130 cm³/mol. The van der Waals surface area contributed by atoms with Crippen molar-refractivity contribution in [3.8, 4) is 5.75 Å². The van der Waals surface area contributed by atoms with Crippen LogP contribution in [0.2, 0.25) is 0 Å². The Morgan fingerprint density at radius 1 is 1.14 bits per heavy atom. The van der Waals surface area contributed by atoms with Gasteiger partial charge in [-0.25, -0.2) is 0 Å². The fourth-order valence-electron chi connectivity index (χ4n) is 9.90. The molecule has 8 rings (SSSR count). The van der Waals surface area contributed by atoms with E-state index < -0.39 is 0 Å². The van der Waals surface area contributed by atoms with Crippen molar-refractivity contribution in [1.82, 2.24) is 9.80 Å². The smallest absolute Gasteiger partial charge is 0.254 e. The third kappa shape index (κ3) is 2.54. The Hall–Kier alpha value is -2.60. The van der Waals surface area contributed by atoms with E-state index in [-0.39, 0.29) is 22.8 Å². The van der Waals surface area contributed by atoms with Crippen LogP contribution in [-0.4, -0.2) is 52.5 Å². The van der Waals surface area contributed by atoms with Crippen LogP contribution < -0.4 is 4.73 Å². The molecule has 3 saturated carbocycles. The topological polar surface area (TPSA) is 70.7 Å². The lowest BCUT2D eigenvalue weighted by Crippen LogP contribution is -2.69. The summed E-state index contributed by atoms with van der Waals surface area (Å²) in [7, 11) is 0. The highest BCUT2D eigenvalue weighted by Crippen LogP contribution is 2.75. The first-order valence-electron chi connectivity index (χ1n) is 13.6. The van der Waals surface area contributed by atoms with Gasteiger partial charge in [-0.2, -0.15) is 4.73 Å². The zero-order chi connectivity index (χ0) is 23.5. The van der Waals surface area contributed by atoms with Crippen molar-refractivity contribution in [3.63, 3.8) is 0 Å². The zero-order valence-corrected chi connectivity index (χ0v) is 20.1. The summed E-state index contributed by atoms with van der Waals surface area (Å²) in [6, 6.07) is 10.3. The molecule has 35 heavy (non-hydrogen) atoms. The minimum Gasteiger partial charge on any atom is -0.619 e. The van der Waals surface area contributed by atoms with Crippen LogP contribution in [0.1, 0.15) is 60.0 Å². The standard InChI is InChI=1S/C29H33N3O3/c33-22-4-3-20-13-25-28-8-5-24-26(29(28,23(20)14-22)9-12-30(25)16-18-1-2-18)21(15-28)17-32(24)27(34)19-6-10-31(35)11-7-19/h3-4,6-7,10-11,14,18,21,24-26,33H,1-2,5,8-9,12-13,15-17H2/t21-,24-,25-,26-,28-,29+/m1/s1. The van der Waals surface area contributed by atoms with Gasteiger partial charge in [0, 0.05) is 42.7 Å². The summed E-state index contributed by atoms with van der Waals surface area (Å²) in [6.45, 7) is 3.23. The summed E-state index contributed by atoms with van der Waals surface area (Å²) in [5.74, 6) is 2.32. The number of fused-ring (bicyclic) bond motifs is 1. The van der Waals surface area contributed by atoms with Crippen molar-refractivity contribution in [2.75, 3.05) is 19.6 Å². The van der Waals surface area contributed by atoms with Crippen LogP contribution in [0.15, 0.2) is 42.7 Å². The number of amides is 1. The molecule has 3 heterocycles. The summed E-state index contributed by atoms with van der Waals surface area (Å²) in [5, 5.41) is 22.1. The number of aromatic nitrogens is 1. The van der Waals surface area contributed by atoms with Gasteiger partial charge < -0.3 is 15.2 Å². The Morgan fingerprint density at radius 2 is 1.97 bits per heavy atom. The number of nitrogens with zero attached hydrogens (tertiary/aromatic N) is 3. The van der Waals surface area contributed by atoms with Crippen LogP contribution in [0.5, 0.6) is 5.75 Å².